The zero-order valence-corrected chi connectivity index (χ0v) is 22.0. The van der Waals surface area contributed by atoms with E-state index in [1.165, 1.54) is 0 Å². The lowest BCUT2D eigenvalue weighted by molar-refractivity contribution is 0.0811. The standard InChI is InChI=1S/C24H48N6O3/c1-7-13-16-31-19-29(12-6)23-25-22(28(10-4)11-5)26-24(27-23)30(20-32-17-14-8-2)21-33-18-15-9-3/h7-21H2,1-6H3. The number of unbranched alkanes of at least 4 members (excludes halogenated alkanes) is 3. The number of ether oxygens (including phenoxy) is 3. The maximum absolute atomic E-state index is 5.91. The number of aromatic nitrogens is 3. The lowest BCUT2D eigenvalue weighted by Gasteiger charge is -2.27. The lowest BCUT2D eigenvalue weighted by atomic mass is 10.4. The van der Waals surface area contributed by atoms with Crippen molar-refractivity contribution < 1.29 is 14.2 Å². The number of anilines is 3. The van der Waals surface area contributed by atoms with Gasteiger partial charge in [0.2, 0.25) is 17.8 Å². The van der Waals surface area contributed by atoms with Gasteiger partial charge in [-0.3, -0.25) is 4.90 Å². The number of hydrogen-bond donors (Lipinski definition) is 0. The Morgan fingerprint density at radius 2 is 0.818 bits per heavy atom. The van der Waals surface area contributed by atoms with Crippen LogP contribution in [-0.4, -0.2) is 74.6 Å². The van der Waals surface area contributed by atoms with Gasteiger partial charge in [-0.15, -0.1) is 0 Å². The summed E-state index contributed by atoms with van der Waals surface area (Å²) >= 11 is 0. The highest BCUT2D eigenvalue weighted by Gasteiger charge is 2.19. The molecule has 0 aliphatic rings. The van der Waals surface area contributed by atoms with Gasteiger partial charge in [0.15, 0.2) is 0 Å². The van der Waals surface area contributed by atoms with Crippen LogP contribution in [0.15, 0.2) is 0 Å². The molecular weight excluding hydrogens is 420 g/mol. The maximum Gasteiger partial charge on any atom is 0.235 e. The van der Waals surface area contributed by atoms with Gasteiger partial charge in [0.25, 0.3) is 0 Å². The molecule has 9 nitrogen and oxygen atoms in total. The maximum atomic E-state index is 5.91. The monoisotopic (exact) mass is 468 g/mol. The van der Waals surface area contributed by atoms with Crippen LogP contribution in [0.5, 0.6) is 0 Å². The van der Waals surface area contributed by atoms with Crippen molar-refractivity contribution in [1.29, 1.82) is 0 Å². The summed E-state index contributed by atoms with van der Waals surface area (Å²) in [6.07, 6.45) is 6.39. The minimum atomic E-state index is 0.381. The molecule has 0 saturated carbocycles. The molecule has 1 aromatic rings. The second kappa shape index (κ2) is 18.7. The number of hydrogen-bond acceptors (Lipinski definition) is 9. The highest BCUT2D eigenvalue weighted by molar-refractivity contribution is 5.46. The van der Waals surface area contributed by atoms with Crippen LogP contribution in [0.4, 0.5) is 17.8 Å². The molecule has 0 amide bonds. The summed E-state index contributed by atoms with van der Waals surface area (Å²) in [5.74, 6) is 1.86. The van der Waals surface area contributed by atoms with E-state index >= 15 is 0 Å². The first-order chi connectivity index (χ1) is 16.1. The smallest absolute Gasteiger partial charge is 0.235 e. The van der Waals surface area contributed by atoms with Crippen LogP contribution in [0, 0.1) is 0 Å². The Labute approximate surface area is 201 Å². The second-order valence-electron chi connectivity index (χ2n) is 7.98. The van der Waals surface area contributed by atoms with Gasteiger partial charge in [0.1, 0.15) is 20.2 Å². The van der Waals surface area contributed by atoms with Crippen LogP contribution in [0.3, 0.4) is 0 Å². The Morgan fingerprint density at radius 1 is 0.485 bits per heavy atom. The Balaban J connectivity index is 3.17. The van der Waals surface area contributed by atoms with Gasteiger partial charge in [0, 0.05) is 39.5 Å². The predicted molar refractivity (Wildman–Crippen MR) is 136 cm³/mol. The topological polar surface area (TPSA) is 76.1 Å². The molecule has 0 spiro atoms. The summed E-state index contributed by atoms with van der Waals surface area (Å²) in [6.45, 7) is 18.5. The Morgan fingerprint density at radius 3 is 1.18 bits per heavy atom. The molecule has 0 aromatic carbocycles. The summed E-state index contributed by atoms with van der Waals surface area (Å²) in [7, 11) is 0. The molecule has 0 saturated heterocycles. The van der Waals surface area contributed by atoms with Crippen LogP contribution in [0.25, 0.3) is 0 Å². The summed E-state index contributed by atoms with van der Waals surface area (Å²) in [5.41, 5.74) is 0. The van der Waals surface area contributed by atoms with Crippen molar-refractivity contribution in [1.82, 2.24) is 15.0 Å². The molecule has 9 heteroatoms. The van der Waals surface area contributed by atoms with Gasteiger partial charge < -0.3 is 24.0 Å². The molecule has 0 radical (unpaired) electrons. The van der Waals surface area contributed by atoms with E-state index in [-0.39, 0.29) is 0 Å². The van der Waals surface area contributed by atoms with Crippen LogP contribution >= 0.6 is 0 Å². The van der Waals surface area contributed by atoms with Gasteiger partial charge in [-0.05, 0) is 40.0 Å². The number of nitrogens with zero attached hydrogens (tertiary/aromatic N) is 6. The normalized spacial score (nSPS) is 11.1. The fourth-order valence-corrected chi connectivity index (χ4v) is 2.98. The Bertz CT molecular complexity index is 592. The molecule has 0 atom stereocenters. The van der Waals surface area contributed by atoms with Gasteiger partial charge in [-0.25, -0.2) is 0 Å². The van der Waals surface area contributed by atoms with Gasteiger partial charge in [-0.1, -0.05) is 40.0 Å². The first-order valence-electron chi connectivity index (χ1n) is 12.9. The van der Waals surface area contributed by atoms with E-state index in [1.54, 1.807) is 0 Å². The minimum absolute atomic E-state index is 0.381. The largest absolute Gasteiger partial charge is 0.361 e. The van der Waals surface area contributed by atoms with Gasteiger partial charge in [0.05, 0.1) is 0 Å². The highest BCUT2D eigenvalue weighted by Crippen LogP contribution is 2.20. The van der Waals surface area contributed by atoms with Crippen LogP contribution in [-0.2, 0) is 14.2 Å². The van der Waals surface area contributed by atoms with E-state index in [4.69, 9.17) is 29.2 Å². The van der Waals surface area contributed by atoms with E-state index in [0.717, 1.165) is 64.8 Å². The molecule has 192 valence electrons. The molecule has 0 unspecified atom stereocenters. The molecule has 0 N–H and O–H groups in total. The van der Waals surface area contributed by atoms with Crippen molar-refractivity contribution >= 4 is 17.8 Å². The van der Waals surface area contributed by atoms with Crippen LogP contribution < -0.4 is 14.7 Å². The van der Waals surface area contributed by atoms with Crippen molar-refractivity contribution in [3.05, 3.63) is 0 Å². The fourth-order valence-electron chi connectivity index (χ4n) is 2.98. The second-order valence-corrected chi connectivity index (χ2v) is 7.98. The zero-order valence-electron chi connectivity index (χ0n) is 22.0. The van der Waals surface area contributed by atoms with Crippen molar-refractivity contribution in [2.75, 3.05) is 74.3 Å². The highest BCUT2D eigenvalue weighted by atomic mass is 16.5. The molecule has 33 heavy (non-hydrogen) atoms. The summed E-state index contributed by atoms with van der Waals surface area (Å²) in [6, 6.07) is 0. The van der Waals surface area contributed by atoms with E-state index < -0.39 is 0 Å². The first-order valence-corrected chi connectivity index (χ1v) is 12.9. The summed E-state index contributed by atoms with van der Waals surface area (Å²) < 4.78 is 17.7. The van der Waals surface area contributed by atoms with E-state index in [2.05, 4.69) is 46.4 Å². The minimum Gasteiger partial charge on any atom is -0.361 e. The SMILES string of the molecule is CCCCOCN(CC)c1nc(N(CC)CC)nc(N(COCCCC)COCCCC)n1. The molecule has 1 aromatic heterocycles. The van der Waals surface area contributed by atoms with Crippen molar-refractivity contribution in [3.8, 4) is 0 Å². The van der Waals surface area contributed by atoms with E-state index in [0.29, 0.717) is 51.3 Å². The van der Waals surface area contributed by atoms with Crippen molar-refractivity contribution in [3.63, 3.8) is 0 Å². The third-order valence-corrected chi connectivity index (χ3v) is 5.26. The predicted octanol–water partition coefficient (Wildman–Crippen LogP) is 4.67. The number of rotatable bonds is 21. The van der Waals surface area contributed by atoms with Gasteiger partial charge >= 0.3 is 0 Å². The lowest BCUT2D eigenvalue weighted by Crippen LogP contribution is -2.35. The van der Waals surface area contributed by atoms with E-state index in [1.807, 2.05) is 9.80 Å². The molecule has 0 fully saturated rings. The summed E-state index contributed by atoms with van der Waals surface area (Å²) in [4.78, 5) is 20.5. The molecule has 1 heterocycles. The molecule has 0 aliphatic heterocycles. The molecule has 1 rings (SSSR count). The molecule has 0 aliphatic carbocycles. The summed E-state index contributed by atoms with van der Waals surface area (Å²) in [5, 5.41) is 0. The Kier molecular flexibility index (Phi) is 16.6. The zero-order chi connectivity index (χ0) is 24.3. The van der Waals surface area contributed by atoms with Crippen molar-refractivity contribution in [2.24, 2.45) is 0 Å². The molecular formula is C24H48N6O3. The van der Waals surface area contributed by atoms with Crippen LogP contribution in [0.1, 0.15) is 80.1 Å². The van der Waals surface area contributed by atoms with Gasteiger partial charge in [-0.2, -0.15) is 15.0 Å². The fraction of sp³-hybridized carbons (Fsp3) is 0.875. The van der Waals surface area contributed by atoms with E-state index in [9.17, 15) is 0 Å². The molecule has 0 bridgehead atoms. The Hall–Kier alpha value is -1.71. The quantitative estimate of drug-likeness (QED) is 0.189. The average molecular weight is 469 g/mol. The van der Waals surface area contributed by atoms with Crippen LogP contribution in [0.2, 0.25) is 0 Å². The average Bonchev–Trinajstić information content (AvgIpc) is 2.83. The first kappa shape index (κ1) is 29.3. The third kappa shape index (κ3) is 11.3. The third-order valence-electron chi connectivity index (χ3n) is 5.26. The van der Waals surface area contributed by atoms with Crippen molar-refractivity contribution in [2.45, 2.75) is 80.1 Å².